The highest BCUT2D eigenvalue weighted by molar-refractivity contribution is 5.60. The molecule has 0 aliphatic carbocycles. The maximum absolute atomic E-state index is 5.93. The average molecular weight is 250 g/mol. The first-order valence-electron chi connectivity index (χ1n) is 6.52. The van der Waals surface area contributed by atoms with Gasteiger partial charge in [-0.1, -0.05) is 0 Å². The van der Waals surface area contributed by atoms with Crippen LogP contribution in [-0.2, 0) is 4.74 Å². The van der Waals surface area contributed by atoms with Gasteiger partial charge in [0.2, 0.25) is 0 Å². The quantitative estimate of drug-likeness (QED) is 0.836. The fourth-order valence-electron chi connectivity index (χ4n) is 2.43. The summed E-state index contributed by atoms with van der Waals surface area (Å²) in [5, 5.41) is 0. The molecular weight excluding hydrogens is 228 g/mol. The minimum Gasteiger partial charge on any atom is -0.494 e. The van der Waals surface area contributed by atoms with Gasteiger partial charge in [-0.15, -0.1) is 0 Å². The topological polar surface area (TPSA) is 47.7 Å². The summed E-state index contributed by atoms with van der Waals surface area (Å²) in [7, 11) is 0. The summed E-state index contributed by atoms with van der Waals surface area (Å²) in [6, 6.07) is 5.90. The molecule has 1 aromatic rings. The molecule has 4 nitrogen and oxygen atoms in total. The molecule has 1 saturated heterocycles. The van der Waals surface area contributed by atoms with Crippen molar-refractivity contribution in [2.75, 3.05) is 30.3 Å². The summed E-state index contributed by atoms with van der Waals surface area (Å²) in [6.07, 6.45) is 0.483. The summed E-state index contributed by atoms with van der Waals surface area (Å²) in [5.41, 5.74) is 7.78. The lowest BCUT2D eigenvalue weighted by molar-refractivity contribution is -0.00522. The number of hydrogen-bond donors (Lipinski definition) is 1. The predicted octanol–water partition coefficient (Wildman–Crippen LogP) is 2.28. The normalized spacial score (nSPS) is 24.1. The fourth-order valence-corrected chi connectivity index (χ4v) is 2.43. The third kappa shape index (κ3) is 3.07. The Hall–Kier alpha value is -1.42. The first-order chi connectivity index (χ1) is 8.58. The van der Waals surface area contributed by atoms with Gasteiger partial charge in [0, 0.05) is 36.6 Å². The molecule has 4 heteroatoms. The Bertz CT molecular complexity index is 399. The van der Waals surface area contributed by atoms with E-state index in [0.717, 1.165) is 30.2 Å². The fraction of sp³-hybridized carbons (Fsp3) is 0.571. The molecule has 1 aliphatic rings. The lowest BCUT2D eigenvalue weighted by Crippen LogP contribution is -2.45. The number of nitrogen functional groups attached to an aromatic ring is 1. The van der Waals surface area contributed by atoms with Crippen LogP contribution in [0.4, 0.5) is 11.4 Å². The van der Waals surface area contributed by atoms with Gasteiger partial charge in [-0.2, -0.15) is 0 Å². The van der Waals surface area contributed by atoms with Crippen LogP contribution in [0.3, 0.4) is 0 Å². The zero-order valence-corrected chi connectivity index (χ0v) is 11.3. The molecule has 2 rings (SSSR count). The maximum atomic E-state index is 5.93. The number of anilines is 2. The Morgan fingerprint density at radius 1 is 1.28 bits per heavy atom. The average Bonchev–Trinajstić information content (AvgIpc) is 2.27. The van der Waals surface area contributed by atoms with Crippen molar-refractivity contribution in [3.63, 3.8) is 0 Å². The van der Waals surface area contributed by atoms with Crippen molar-refractivity contribution in [2.24, 2.45) is 0 Å². The summed E-state index contributed by atoms with van der Waals surface area (Å²) < 4.78 is 11.3. The van der Waals surface area contributed by atoms with Gasteiger partial charge in [0.15, 0.2) is 0 Å². The molecule has 1 heterocycles. The third-order valence-electron chi connectivity index (χ3n) is 3.01. The molecule has 0 saturated carbocycles. The predicted molar refractivity (Wildman–Crippen MR) is 74.2 cm³/mol. The van der Waals surface area contributed by atoms with Crippen LogP contribution in [0.2, 0.25) is 0 Å². The van der Waals surface area contributed by atoms with Crippen molar-refractivity contribution in [2.45, 2.75) is 33.0 Å². The van der Waals surface area contributed by atoms with E-state index in [0.29, 0.717) is 6.61 Å². The highest BCUT2D eigenvalue weighted by atomic mass is 16.5. The van der Waals surface area contributed by atoms with Gasteiger partial charge in [-0.05, 0) is 26.8 Å². The van der Waals surface area contributed by atoms with Crippen LogP contribution >= 0.6 is 0 Å². The number of nitrogens with zero attached hydrogens (tertiary/aromatic N) is 1. The minimum atomic E-state index is 0.241. The van der Waals surface area contributed by atoms with E-state index < -0.39 is 0 Å². The number of hydrogen-bond acceptors (Lipinski definition) is 4. The van der Waals surface area contributed by atoms with Gasteiger partial charge >= 0.3 is 0 Å². The molecule has 100 valence electrons. The van der Waals surface area contributed by atoms with Crippen molar-refractivity contribution >= 4 is 11.4 Å². The second-order valence-corrected chi connectivity index (χ2v) is 4.86. The summed E-state index contributed by atoms with van der Waals surface area (Å²) >= 11 is 0. The molecule has 1 aliphatic heterocycles. The molecule has 2 atom stereocenters. The van der Waals surface area contributed by atoms with E-state index in [2.05, 4.69) is 18.7 Å². The van der Waals surface area contributed by atoms with Crippen LogP contribution in [0.1, 0.15) is 20.8 Å². The summed E-state index contributed by atoms with van der Waals surface area (Å²) in [5.74, 6) is 0.833. The second-order valence-electron chi connectivity index (χ2n) is 4.86. The summed E-state index contributed by atoms with van der Waals surface area (Å²) in [4.78, 5) is 2.30. The smallest absolute Gasteiger partial charge is 0.123 e. The monoisotopic (exact) mass is 250 g/mol. The lowest BCUT2D eigenvalue weighted by atomic mass is 10.2. The van der Waals surface area contributed by atoms with E-state index in [1.807, 2.05) is 25.1 Å². The molecule has 0 radical (unpaired) electrons. The number of rotatable bonds is 3. The highest BCUT2D eigenvalue weighted by Gasteiger charge is 2.22. The Morgan fingerprint density at radius 3 is 2.56 bits per heavy atom. The largest absolute Gasteiger partial charge is 0.494 e. The zero-order chi connectivity index (χ0) is 13.1. The van der Waals surface area contributed by atoms with E-state index in [-0.39, 0.29) is 12.2 Å². The Balaban J connectivity index is 2.21. The van der Waals surface area contributed by atoms with Crippen LogP contribution in [-0.4, -0.2) is 31.9 Å². The number of benzene rings is 1. The molecule has 2 unspecified atom stereocenters. The zero-order valence-electron chi connectivity index (χ0n) is 11.3. The van der Waals surface area contributed by atoms with Gasteiger partial charge in [-0.3, -0.25) is 0 Å². The molecule has 2 N–H and O–H groups in total. The van der Waals surface area contributed by atoms with Gasteiger partial charge in [0.1, 0.15) is 5.75 Å². The maximum Gasteiger partial charge on any atom is 0.123 e. The second kappa shape index (κ2) is 5.48. The first kappa shape index (κ1) is 13.0. The van der Waals surface area contributed by atoms with Crippen molar-refractivity contribution in [3.8, 4) is 5.75 Å². The van der Waals surface area contributed by atoms with Crippen LogP contribution in [0.25, 0.3) is 0 Å². The standard InChI is InChI=1S/C14H22N2O2/c1-4-17-14-6-12(15)5-13(7-14)16-8-10(2)18-11(3)9-16/h5-7,10-11H,4,8-9,15H2,1-3H3. The SMILES string of the molecule is CCOc1cc(N)cc(N2CC(C)OC(C)C2)c1. The molecule has 1 aromatic carbocycles. The van der Waals surface area contributed by atoms with Crippen LogP contribution in [0.5, 0.6) is 5.75 Å². The highest BCUT2D eigenvalue weighted by Crippen LogP contribution is 2.27. The Labute approximate surface area is 109 Å². The van der Waals surface area contributed by atoms with E-state index in [1.54, 1.807) is 0 Å². The molecule has 0 aromatic heterocycles. The third-order valence-corrected chi connectivity index (χ3v) is 3.01. The van der Waals surface area contributed by atoms with E-state index in [9.17, 15) is 0 Å². The molecule has 1 fully saturated rings. The van der Waals surface area contributed by atoms with Crippen LogP contribution in [0, 0.1) is 0 Å². The van der Waals surface area contributed by atoms with E-state index in [4.69, 9.17) is 15.2 Å². The lowest BCUT2D eigenvalue weighted by Gasteiger charge is -2.37. The summed E-state index contributed by atoms with van der Waals surface area (Å²) in [6.45, 7) is 8.59. The van der Waals surface area contributed by atoms with Gasteiger partial charge in [0.25, 0.3) is 0 Å². The van der Waals surface area contributed by atoms with Crippen molar-refractivity contribution in [1.82, 2.24) is 0 Å². The first-order valence-corrected chi connectivity index (χ1v) is 6.52. The molecule has 18 heavy (non-hydrogen) atoms. The number of ether oxygens (including phenoxy) is 2. The molecule has 0 bridgehead atoms. The van der Waals surface area contributed by atoms with E-state index >= 15 is 0 Å². The Morgan fingerprint density at radius 2 is 1.94 bits per heavy atom. The van der Waals surface area contributed by atoms with Crippen molar-refractivity contribution < 1.29 is 9.47 Å². The van der Waals surface area contributed by atoms with Crippen molar-refractivity contribution in [1.29, 1.82) is 0 Å². The number of nitrogens with two attached hydrogens (primary N) is 1. The minimum absolute atomic E-state index is 0.241. The molecule has 0 amide bonds. The van der Waals surface area contributed by atoms with Gasteiger partial charge in [0.05, 0.1) is 18.8 Å². The molecular formula is C14H22N2O2. The van der Waals surface area contributed by atoms with Crippen LogP contribution in [0.15, 0.2) is 18.2 Å². The Kier molecular flexibility index (Phi) is 3.97. The van der Waals surface area contributed by atoms with Gasteiger partial charge in [-0.25, -0.2) is 0 Å². The van der Waals surface area contributed by atoms with Gasteiger partial charge < -0.3 is 20.1 Å². The molecule has 0 spiro atoms. The van der Waals surface area contributed by atoms with Crippen molar-refractivity contribution in [3.05, 3.63) is 18.2 Å². The van der Waals surface area contributed by atoms with E-state index in [1.165, 1.54) is 0 Å². The number of morpholine rings is 1. The van der Waals surface area contributed by atoms with Crippen LogP contribution < -0.4 is 15.4 Å².